The second-order valence-electron chi connectivity index (χ2n) is 11.9. The van der Waals surface area contributed by atoms with E-state index in [1.165, 1.54) is 5.69 Å². The molecule has 204 valence electrons. The second kappa shape index (κ2) is 9.75. The maximum Gasteiger partial charge on any atom is 0.210 e. The number of carbonyl (C=O) groups is 1. The van der Waals surface area contributed by atoms with Crippen molar-refractivity contribution in [1.29, 1.82) is 0 Å². The van der Waals surface area contributed by atoms with E-state index in [2.05, 4.69) is 58.8 Å². The van der Waals surface area contributed by atoms with Crippen molar-refractivity contribution < 1.29 is 9.53 Å². The van der Waals surface area contributed by atoms with Crippen molar-refractivity contribution in [3.63, 3.8) is 0 Å². The predicted molar refractivity (Wildman–Crippen MR) is 150 cm³/mol. The van der Waals surface area contributed by atoms with Crippen LogP contribution in [0.15, 0.2) is 36.7 Å². The van der Waals surface area contributed by atoms with Crippen LogP contribution in [0.1, 0.15) is 57.5 Å². The van der Waals surface area contributed by atoms with Crippen molar-refractivity contribution in [2.75, 3.05) is 25.5 Å². The van der Waals surface area contributed by atoms with Gasteiger partial charge in [0.1, 0.15) is 17.3 Å². The first-order chi connectivity index (χ1) is 18.6. The van der Waals surface area contributed by atoms with Crippen molar-refractivity contribution in [2.24, 2.45) is 13.0 Å². The molecule has 1 aliphatic heterocycles. The van der Waals surface area contributed by atoms with Crippen LogP contribution in [0.5, 0.6) is 11.5 Å². The van der Waals surface area contributed by atoms with Crippen molar-refractivity contribution in [1.82, 2.24) is 34.2 Å². The van der Waals surface area contributed by atoms with Crippen LogP contribution < -0.4 is 10.1 Å². The molecule has 0 bridgehead atoms. The Labute approximate surface area is 228 Å². The molecule has 1 saturated heterocycles. The minimum absolute atomic E-state index is 0.0355. The highest BCUT2D eigenvalue weighted by Crippen LogP contribution is 2.33. The number of Topliss-reactive ketones (excluding diaryl/α,β-unsaturated/α-hetero) is 1. The first kappa shape index (κ1) is 25.5. The number of hydrogen-bond acceptors (Lipinski definition) is 8. The van der Waals surface area contributed by atoms with Crippen molar-refractivity contribution in [2.45, 2.75) is 57.9 Å². The minimum atomic E-state index is -0.0355. The zero-order valence-corrected chi connectivity index (χ0v) is 23.3. The highest BCUT2D eigenvalue weighted by Gasteiger charge is 2.30. The van der Waals surface area contributed by atoms with E-state index in [9.17, 15) is 4.79 Å². The Morgan fingerprint density at radius 1 is 1.10 bits per heavy atom. The van der Waals surface area contributed by atoms with E-state index in [0.29, 0.717) is 35.6 Å². The van der Waals surface area contributed by atoms with E-state index in [-0.39, 0.29) is 17.1 Å². The molecule has 4 aromatic rings. The fourth-order valence-corrected chi connectivity index (χ4v) is 5.22. The monoisotopic (exact) mass is 528 g/mol. The van der Waals surface area contributed by atoms with Crippen LogP contribution in [0.2, 0.25) is 0 Å². The maximum atomic E-state index is 12.2. The number of imidazole rings is 1. The topological polar surface area (TPSA) is 103 Å². The van der Waals surface area contributed by atoms with Gasteiger partial charge < -0.3 is 19.5 Å². The quantitative estimate of drug-likeness (QED) is 0.348. The number of anilines is 2. The molecular weight excluding hydrogens is 492 g/mol. The van der Waals surface area contributed by atoms with Gasteiger partial charge in [-0.05, 0) is 38.9 Å². The third kappa shape index (κ3) is 5.38. The number of aromatic nitrogens is 6. The van der Waals surface area contributed by atoms with Crippen molar-refractivity contribution in [3.8, 4) is 11.5 Å². The lowest BCUT2D eigenvalue weighted by Crippen LogP contribution is -2.24. The highest BCUT2D eigenvalue weighted by molar-refractivity contribution is 5.85. The van der Waals surface area contributed by atoms with E-state index in [1.54, 1.807) is 18.5 Å². The minimum Gasteiger partial charge on any atom is -0.456 e. The smallest absolute Gasteiger partial charge is 0.210 e. The summed E-state index contributed by atoms with van der Waals surface area (Å²) >= 11 is 0. The van der Waals surface area contributed by atoms with Crippen LogP contribution in [0, 0.1) is 5.92 Å². The average molecular weight is 529 g/mol. The zero-order valence-electron chi connectivity index (χ0n) is 23.3. The number of carbonyl (C=O) groups excluding carboxylic acids is 1. The Kier molecular flexibility index (Phi) is 6.37. The number of hydrogen-bond donors (Lipinski definition) is 1. The lowest BCUT2D eigenvalue weighted by atomic mass is 9.91. The van der Waals surface area contributed by atoms with Crippen molar-refractivity contribution in [3.05, 3.63) is 48.0 Å². The van der Waals surface area contributed by atoms with Crippen LogP contribution in [-0.4, -0.2) is 60.1 Å². The number of rotatable bonds is 8. The molecule has 1 N–H and O–H groups in total. The molecule has 2 aliphatic rings. The highest BCUT2D eigenvalue weighted by atomic mass is 16.5. The molecule has 6 rings (SSSR count). The largest absolute Gasteiger partial charge is 0.456 e. The van der Waals surface area contributed by atoms with Gasteiger partial charge in [-0.1, -0.05) is 20.8 Å². The number of aryl methyl sites for hydroxylation is 1. The third-order valence-corrected chi connectivity index (χ3v) is 7.58. The summed E-state index contributed by atoms with van der Waals surface area (Å²) in [6.45, 7) is 8.75. The standard InChI is InChI=1S/C29H36N8O2/c1-29(2,3)25-15-26(34-37(25)20-9-11-35(4)17-20)32-28-33-27-23(36(28)5)14-22(16-31-27)39-21-8-10-30-19(12-21)13-24(38)18-6-7-18/h8,10,12,14-16,18,20H,6-7,9,11,13,17H2,1-5H3,(H,31,32,33,34)/t20-/m0/s1. The van der Waals surface area contributed by atoms with Gasteiger partial charge in [0.15, 0.2) is 11.5 Å². The van der Waals surface area contributed by atoms with Gasteiger partial charge in [-0.25, -0.2) is 4.98 Å². The van der Waals surface area contributed by atoms with Crippen LogP contribution in [0.3, 0.4) is 0 Å². The molecule has 5 heterocycles. The number of ether oxygens (including phenoxy) is 1. The molecule has 0 aromatic carbocycles. The van der Waals surface area contributed by atoms with Crippen LogP contribution >= 0.6 is 0 Å². The van der Waals surface area contributed by atoms with Gasteiger partial charge in [0, 0.05) is 61.4 Å². The Morgan fingerprint density at radius 3 is 2.64 bits per heavy atom. The molecule has 2 fully saturated rings. The normalized spacial score (nSPS) is 18.1. The summed E-state index contributed by atoms with van der Waals surface area (Å²) in [6.07, 6.45) is 6.78. The van der Waals surface area contributed by atoms with Gasteiger partial charge in [0.05, 0.1) is 23.4 Å². The average Bonchev–Trinajstić information content (AvgIpc) is 3.40. The number of likely N-dealkylation sites (tertiary alicyclic amines) is 1. The fraction of sp³-hybridized carbons (Fsp3) is 0.483. The molecular formula is C29H36N8O2. The summed E-state index contributed by atoms with van der Waals surface area (Å²) in [5.41, 5.74) is 3.34. The lowest BCUT2D eigenvalue weighted by Gasteiger charge is -2.23. The van der Waals surface area contributed by atoms with E-state index in [1.807, 2.05) is 23.7 Å². The van der Waals surface area contributed by atoms with Crippen molar-refractivity contribution >= 4 is 28.7 Å². The Balaban J connectivity index is 1.22. The third-order valence-electron chi connectivity index (χ3n) is 7.58. The van der Waals surface area contributed by atoms with Crippen LogP contribution in [0.4, 0.5) is 11.8 Å². The van der Waals surface area contributed by atoms with Crippen LogP contribution in [-0.2, 0) is 23.7 Å². The fourth-order valence-electron chi connectivity index (χ4n) is 5.22. The molecule has 0 unspecified atom stereocenters. The summed E-state index contributed by atoms with van der Waals surface area (Å²) in [4.78, 5) is 28.1. The number of ketones is 1. The molecule has 1 atom stereocenters. The summed E-state index contributed by atoms with van der Waals surface area (Å²) in [7, 11) is 4.11. The molecule has 0 amide bonds. The number of nitrogens with zero attached hydrogens (tertiary/aromatic N) is 7. The van der Waals surface area contributed by atoms with Gasteiger partial charge in [-0.2, -0.15) is 10.1 Å². The zero-order chi connectivity index (χ0) is 27.3. The second-order valence-corrected chi connectivity index (χ2v) is 11.9. The lowest BCUT2D eigenvalue weighted by molar-refractivity contribution is -0.119. The number of likely N-dealkylation sites (N-methyl/N-ethyl adjacent to an activating group) is 1. The molecule has 1 aliphatic carbocycles. The SMILES string of the molecule is CN1CC[C@H](n2nc(Nc3nc4ncc(Oc5ccnc(CC(=O)C6CC6)c5)cc4n3C)cc2C(C)(C)C)C1. The molecule has 0 spiro atoms. The van der Waals surface area contributed by atoms with Gasteiger partial charge in [0.2, 0.25) is 5.95 Å². The molecule has 1 saturated carbocycles. The summed E-state index contributed by atoms with van der Waals surface area (Å²) in [5.74, 6) is 3.12. The van der Waals surface area contributed by atoms with E-state index in [4.69, 9.17) is 14.8 Å². The van der Waals surface area contributed by atoms with Gasteiger partial charge >= 0.3 is 0 Å². The summed E-state index contributed by atoms with van der Waals surface area (Å²) in [6, 6.07) is 8.03. The number of nitrogens with one attached hydrogen (secondary N) is 1. The molecule has 0 radical (unpaired) electrons. The Morgan fingerprint density at radius 2 is 1.92 bits per heavy atom. The first-order valence-electron chi connectivity index (χ1n) is 13.7. The maximum absolute atomic E-state index is 12.2. The molecule has 4 aromatic heterocycles. The first-order valence-corrected chi connectivity index (χ1v) is 13.7. The molecule has 10 nitrogen and oxygen atoms in total. The number of pyridine rings is 2. The summed E-state index contributed by atoms with van der Waals surface area (Å²) < 4.78 is 10.2. The molecule has 39 heavy (non-hydrogen) atoms. The predicted octanol–water partition coefficient (Wildman–Crippen LogP) is 4.79. The van der Waals surface area contributed by atoms with E-state index >= 15 is 0 Å². The number of fused-ring (bicyclic) bond motifs is 1. The Hall–Kier alpha value is -3.79. The Bertz CT molecular complexity index is 1530. The van der Waals surface area contributed by atoms with Gasteiger partial charge in [-0.3, -0.25) is 14.5 Å². The van der Waals surface area contributed by atoms with Gasteiger partial charge in [0.25, 0.3) is 0 Å². The molecule has 10 heteroatoms. The van der Waals surface area contributed by atoms with Gasteiger partial charge in [-0.15, -0.1) is 0 Å². The summed E-state index contributed by atoms with van der Waals surface area (Å²) in [5, 5.41) is 8.39. The van der Waals surface area contributed by atoms with Crippen LogP contribution in [0.25, 0.3) is 11.2 Å². The van der Waals surface area contributed by atoms with E-state index in [0.717, 1.165) is 49.4 Å². The van der Waals surface area contributed by atoms with E-state index < -0.39 is 0 Å².